The molecule has 3 aromatic rings. The third-order valence-electron chi connectivity index (χ3n) is 5.44. The van der Waals surface area contributed by atoms with Crippen molar-refractivity contribution in [1.29, 1.82) is 0 Å². The zero-order valence-electron chi connectivity index (χ0n) is 17.8. The number of carbonyl (C=O) groups is 1. The Labute approximate surface area is 181 Å². The Hall–Kier alpha value is -3.32. The number of hydrogen-bond donors (Lipinski definition) is 2. The molecule has 2 aromatic carbocycles. The van der Waals surface area contributed by atoms with Gasteiger partial charge in [0.25, 0.3) is 5.91 Å². The van der Waals surface area contributed by atoms with Crippen molar-refractivity contribution < 1.29 is 19.4 Å². The van der Waals surface area contributed by atoms with Gasteiger partial charge in [-0.3, -0.25) is 9.89 Å². The highest BCUT2D eigenvalue weighted by Crippen LogP contribution is 2.44. The molecule has 31 heavy (non-hydrogen) atoms. The predicted molar refractivity (Wildman–Crippen MR) is 117 cm³/mol. The fourth-order valence-electron chi connectivity index (χ4n) is 4.00. The van der Waals surface area contributed by atoms with Crippen LogP contribution in [0.25, 0.3) is 11.3 Å². The Kier molecular flexibility index (Phi) is 6.23. The van der Waals surface area contributed by atoms with Crippen LogP contribution in [0, 0.1) is 0 Å². The first-order chi connectivity index (χ1) is 15.2. The van der Waals surface area contributed by atoms with Crippen LogP contribution in [-0.2, 0) is 4.74 Å². The van der Waals surface area contributed by atoms with Crippen LogP contribution in [0.2, 0.25) is 0 Å². The van der Waals surface area contributed by atoms with E-state index in [-0.39, 0.29) is 17.7 Å². The van der Waals surface area contributed by atoms with E-state index in [9.17, 15) is 9.90 Å². The summed E-state index contributed by atoms with van der Waals surface area (Å²) in [5, 5.41) is 17.7. The predicted octanol–water partition coefficient (Wildman–Crippen LogP) is 4.15. The zero-order valence-corrected chi connectivity index (χ0v) is 17.8. The first kappa shape index (κ1) is 20.9. The van der Waals surface area contributed by atoms with Crippen LogP contribution in [0.4, 0.5) is 0 Å². The van der Waals surface area contributed by atoms with E-state index in [0.717, 1.165) is 29.7 Å². The van der Waals surface area contributed by atoms with Crippen molar-refractivity contribution >= 4 is 5.91 Å². The van der Waals surface area contributed by atoms with Gasteiger partial charge >= 0.3 is 0 Å². The average molecular weight is 421 g/mol. The summed E-state index contributed by atoms with van der Waals surface area (Å²) in [4.78, 5) is 15.1. The molecule has 2 N–H and O–H groups in total. The number of aromatic nitrogens is 2. The Morgan fingerprint density at radius 2 is 1.90 bits per heavy atom. The van der Waals surface area contributed by atoms with Crippen LogP contribution in [0.5, 0.6) is 11.5 Å². The number of phenols is 1. The van der Waals surface area contributed by atoms with Crippen LogP contribution in [0.15, 0.2) is 48.5 Å². The van der Waals surface area contributed by atoms with Crippen molar-refractivity contribution in [3.8, 4) is 22.8 Å². The van der Waals surface area contributed by atoms with E-state index in [1.807, 2.05) is 41.3 Å². The number of ether oxygens (including phenoxy) is 2. The average Bonchev–Trinajstić information content (AvgIpc) is 3.32. The molecule has 7 heteroatoms. The molecular formula is C24H27N3O4. The molecule has 0 fully saturated rings. The summed E-state index contributed by atoms with van der Waals surface area (Å²) in [6, 6.07) is 14.6. The molecule has 0 unspecified atom stereocenters. The molecule has 1 atom stereocenters. The summed E-state index contributed by atoms with van der Waals surface area (Å²) >= 11 is 0. The van der Waals surface area contributed by atoms with E-state index in [4.69, 9.17) is 9.47 Å². The van der Waals surface area contributed by atoms with E-state index in [1.165, 1.54) is 0 Å². The van der Waals surface area contributed by atoms with E-state index < -0.39 is 0 Å². The summed E-state index contributed by atoms with van der Waals surface area (Å²) in [7, 11) is 1.65. The number of fused-ring (bicyclic) bond motifs is 1. The van der Waals surface area contributed by atoms with Crippen molar-refractivity contribution in [3.63, 3.8) is 0 Å². The van der Waals surface area contributed by atoms with E-state index >= 15 is 0 Å². The SMILES string of the molecule is CCCOc1ccc([C@H]2c3c(-c4ccccc4O)n[nH]c3C(=O)N2CCCOC)cc1. The molecule has 2 heterocycles. The van der Waals surface area contributed by atoms with Crippen molar-refractivity contribution in [2.24, 2.45) is 0 Å². The van der Waals surface area contributed by atoms with Gasteiger partial charge < -0.3 is 19.5 Å². The largest absolute Gasteiger partial charge is 0.507 e. The van der Waals surface area contributed by atoms with E-state index in [0.29, 0.717) is 36.7 Å². The third-order valence-corrected chi connectivity index (χ3v) is 5.44. The highest BCUT2D eigenvalue weighted by atomic mass is 16.5. The second kappa shape index (κ2) is 9.22. The second-order valence-electron chi connectivity index (χ2n) is 7.54. The topological polar surface area (TPSA) is 87.7 Å². The number of carbonyl (C=O) groups excluding carboxylic acids is 1. The molecule has 0 aliphatic carbocycles. The monoisotopic (exact) mass is 421 g/mol. The van der Waals surface area contributed by atoms with Crippen LogP contribution in [0.1, 0.15) is 47.4 Å². The van der Waals surface area contributed by atoms with Gasteiger partial charge in [-0.1, -0.05) is 31.2 Å². The number of rotatable bonds is 9. The van der Waals surface area contributed by atoms with Crippen molar-refractivity contribution in [2.45, 2.75) is 25.8 Å². The van der Waals surface area contributed by atoms with E-state index in [1.54, 1.807) is 19.2 Å². The van der Waals surface area contributed by atoms with Crippen LogP contribution >= 0.6 is 0 Å². The number of phenolic OH excluding ortho intramolecular Hbond substituents is 1. The Balaban J connectivity index is 1.76. The molecule has 4 rings (SSSR count). The minimum Gasteiger partial charge on any atom is -0.507 e. The minimum absolute atomic E-state index is 0.100. The molecule has 1 aromatic heterocycles. The maximum atomic E-state index is 13.2. The first-order valence-electron chi connectivity index (χ1n) is 10.5. The number of hydrogen-bond acceptors (Lipinski definition) is 5. The summed E-state index contributed by atoms with van der Waals surface area (Å²) in [5.74, 6) is 0.829. The number of methoxy groups -OCH3 is 1. The van der Waals surface area contributed by atoms with E-state index in [2.05, 4.69) is 17.1 Å². The minimum atomic E-state index is -0.312. The van der Waals surface area contributed by atoms with Gasteiger partial charge in [-0.05, 0) is 42.7 Å². The van der Waals surface area contributed by atoms with Crippen molar-refractivity contribution in [2.75, 3.05) is 26.9 Å². The highest BCUT2D eigenvalue weighted by Gasteiger charge is 2.42. The number of amides is 1. The van der Waals surface area contributed by atoms with Gasteiger partial charge in [0.05, 0.1) is 12.6 Å². The Bertz CT molecular complexity index is 1050. The molecule has 7 nitrogen and oxygen atoms in total. The summed E-state index contributed by atoms with van der Waals surface area (Å²) in [5.41, 5.74) is 3.40. The second-order valence-corrected chi connectivity index (χ2v) is 7.54. The van der Waals surface area contributed by atoms with Gasteiger partial charge in [-0.2, -0.15) is 5.10 Å². The molecule has 1 aliphatic rings. The lowest BCUT2D eigenvalue weighted by Gasteiger charge is -2.26. The molecule has 0 bridgehead atoms. The fourth-order valence-corrected chi connectivity index (χ4v) is 4.00. The number of aromatic amines is 1. The number of nitrogens with one attached hydrogen (secondary N) is 1. The first-order valence-corrected chi connectivity index (χ1v) is 10.5. The third kappa shape index (κ3) is 4.01. The van der Waals surface area contributed by atoms with Gasteiger partial charge in [0.1, 0.15) is 22.9 Å². The molecule has 162 valence electrons. The van der Waals surface area contributed by atoms with Gasteiger partial charge in [-0.15, -0.1) is 0 Å². The Morgan fingerprint density at radius 1 is 1.13 bits per heavy atom. The number of aromatic hydroxyl groups is 1. The number of H-pyrrole nitrogens is 1. The normalized spacial score (nSPS) is 15.4. The lowest BCUT2D eigenvalue weighted by molar-refractivity contribution is 0.0723. The quantitative estimate of drug-likeness (QED) is 0.507. The summed E-state index contributed by atoms with van der Waals surface area (Å²) < 4.78 is 10.9. The van der Waals surface area contributed by atoms with Gasteiger partial charge in [0.2, 0.25) is 0 Å². The van der Waals surface area contributed by atoms with Crippen LogP contribution < -0.4 is 4.74 Å². The molecule has 0 saturated carbocycles. The maximum Gasteiger partial charge on any atom is 0.273 e. The van der Waals surface area contributed by atoms with Gasteiger partial charge in [0, 0.05) is 31.4 Å². The van der Waals surface area contributed by atoms with Crippen LogP contribution in [-0.4, -0.2) is 53.0 Å². The summed E-state index contributed by atoms with van der Waals surface area (Å²) in [6.07, 6.45) is 1.66. The maximum absolute atomic E-state index is 13.2. The van der Waals surface area contributed by atoms with Gasteiger partial charge in [0.15, 0.2) is 0 Å². The number of benzene rings is 2. The van der Waals surface area contributed by atoms with Crippen molar-refractivity contribution in [3.05, 3.63) is 65.4 Å². The molecule has 1 aliphatic heterocycles. The molecule has 0 saturated heterocycles. The van der Waals surface area contributed by atoms with Gasteiger partial charge in [-0.25, -0.2) is 0 Å². The lowest BCUT2D eigenvalue weighted by atomic mass is 9.95. The standard InChI is InChI=1S/C24H27N3O4/c1-3-14-31-17-11-9-16(10-12-17)23-20-21(18-7-4-5-8-19(18)28)25-26-22(20)24(29)27(23)13-6-15-30-2/h4-5,7-12,23,28H,3,6,13-15H2,1-2H3,(H,25,26)/t23-/m0/s1. The molecule has 0 radical (unpaired) electrons. The lowest BCUT2D eigenvalue weighted by Crippen LogP contribution is -2.31. The Morgan fingerprint density at radius 3 is 2.61 bits per heavy atom. The summed E-state index contributed by atoms with van der Waals surface area (Å²) in [6.45, 7) is 3.85. The van der Waals surface area contributed by atoms with Crippen LogP contribution in [0.3, 0.4) is 0 Å². The fraction of sp³-hybridized carbons (Fsp3) is 0.333. The smallest absolute Gasteiger partial charge is 0.273 e. The molecule has 0 spiro atoms. The molecular weight excluding hydrogens is 394 g/mol. The zero-order chi connectivity index (χ0) is 21.8. The van der Waals surface area contributed by atoms with Crippen molar-refractivity contribution in [1.82, 2.24) is 15.1 Å². The molecule has 1 amide bonds. The number of para-hydroxylation sites is 1. The number of nitrogens with zero attached hydrogens (tertiary/aromatic N) is 2. The highest BCUT2D eigenvalue weighted by molar-refractivity contribution is 6.00.